The monoisotopic (exact) mass is 520 g/mol. The van der Waals surface area contributed by atoms with Crippen LogP contribution in [0, 0.1) is 0 Å². The van der Waals surface area contributed by atoms with Gasteiger partial charge < -0.3 is 24.5 Å². The van der Waals surface area contributed by atoms with Crippen molar-refractivity contribution in [2.24, 2.45) is 7.05 Å². The summed E-state index contributed by atoms with van der Waals surface area (Å²) in [6.45, 7) is 3.06. The van der Waals surface area contributed by atoms with E-state index in [0.717, 1.165) is 39.3 Å². The minimum absolute atomic E-state index is 0.0480. The maximum atomic E-state index is 13.0. The van der Waals surface area contributed by atoms with Crippen LogP contribution in [-0.2, 0) is 16.6 Å². The third-order valence-corrected chi connectivity index (χ3v) is 7.03. The summed E-state index contributed by atoms with van der Waals surface area (Å²) in [6.07, 6.45) is 10.7. The molecule has 2 aromatic heterocycles. The average molecular weight is 521 g/mol. The number of ketones is 1. The lowest BCUT2D eigenvalue weighted by Gasteiger charge is -2.23. The fourth-order valence-electron chi connectivity index (χ4n) is 4.89. The van der Waals surface area contributed by atoms with Crippen molar-refractivity contribution in [1.82, 2.24) is 29.7 Å². The van der Waals surface area contributed by atoms with Gasteiger partial charge in [-0.2, -0.15) is 0 Å². The number of aromatic amines is 1. The Morgan fingerprint density at radius 2 is 2.05 bits per heavy atom. The molecule has 0 spiro atoms. The second-order valence-electron chi connectivity index (χ2n) is 9.68. The number of carbonyl (C=O) groups excluding carboxylic acids is 2. The van der Waals surface area contributed by atoms with Crippen LogP contribution in [-0.4, -0.2) is 49.2 Å². The zero-order chi connectivity index (χ0) is 26.9. The van der Waals surface area contributed by atoms with Gasteiger partial charge in [-0.05, 0) is 43.3 Å². The lowest BCUT2D eigenvalue weighted by Crippen LogP contribution is -2.31. The Bertz CT molecular complexity index is 1690. The molecule has 1 amide bonds. The third kappa shape index (κ3) is 4.86. The van der Waals surface area contributed by atoms with Gasteiger partial charge in [0.25, 0.3) is 5.91 Å². The first-order valence-corrected chi connectivity index (χ1v) is 12.9. The van der Waals surface area contributed by atoms with Gasteiger partial charge in [0.15, 0.2) is 5.78 Å². The molecule has 0 saturated carbocycles. The minimum atomic E-state index is -0.155. The molecule has 2 aromatic carbocycles. The van der Waals surface area contributed by atoms with Crippen LogP contribution in [0.1, 0.15) is 41.3 Å². The van der Waals surface area contributed by atoms with Crippen LogP contribution in [0.3, 0.4) is 0 Å². The lowest BCUT2D eigenvalue weighted by molar-refractivity contribution is -0.114. The average Bonchev–Trinajstić information content (AvgIpc) is 3.54. The minimum Gasteiger partial charge on any atom is -0.462 e. The van der Waals surface area contributed by atoms with Crippen molar-refractivity contribution >= 4 is 33.8 Å². The first kappa shape index (κ1) is 24.4. The molecule has 1 unspecified atom stereocenters. The van der Waals surface area contributed by atoms with E-state index in [2.05, 4.69) is 17.2 Å². The number of hydrogen-bond acceptors (Lipinski definition) is 6. The SMILES string of the molecule is CC(c1nc2ccccc2[nH]1)c1nc2ccc(C(=O)NCCN3C=COC(C4=CC=CC(=O)C4)=C3)cc2n1C. The van der Waals surface area contributed by atoms with Crippen molar-refractivity contribution in [2.75, 3.05) is 13.1 Å². The Balaban J connectivity index is 1.12. The van der Waals surface area contributed by atoms with E-state index in [9.17, 15) is 9.59 Å². The fourth-order valence-corrected chi connectivity index (χ4v) is 4.89. The number of allylic oxidation sites excluding steroid dienone is 4. The van der Waals surface area contributed by atoms with Gasteiger partial charge in [-0.15, -0.1) is 0 Å². The number of ether oxygens (including phenoxy) is 1. The van der Waals surface area contributed by atoms with Crippen LogP contribution in [0.4, 0.5) is 0 Å². The highest BCUT2D eigenvalue weighted by molar-refractivity contribution is 5.97. The number of amides is 1. The zero-order valence-electron chi connectivity index (χ0n) is 21.7. The molecule has 39 heavy (non-hydrogen) atoms. The van der Waals surface area contributed by atoms with Crippen LogP contribution < -0.4 is 5.32 Å². The second-order valence-corrected chi connectivity index (χ2v) is 9.68. The smallest absolute Gasteiger partial charge is 0.251 e. The second kappa shape index (κ2) is 10.1. The number of benzene rings is 2. The van der Waals surface area contributed by atoms with E-state index in [1.54, 1.807) is 30.7 Å². The van der Waals surface area contributed by atoms with Crippen molar-refractivity contribution < 1.29 is 14.3 Å². The molecule has 9 heteroatoms. The number of carbonyl (C=O) groups is 2. The third-order valence-electron chi connectivity index (χ3n) is 7.03. The van der Waals surface area contributed by atoms with Crippen LogP contribution in [0.15, 0.2) is 90.7 Å². The lowest BCUT2D eigenvalue weighted by atomic mass is 10.0. The van der Waals surface area contributed by atoms with Gasteiger partial charge in [-0.3, -0.25) is 9.59 Å². The maximum Gasteiger partial charge on any atom is 0.251 e. The maximum absolute atomic E-state index is 13.0. The van der Waals surface area contributed by atoms with Crippen LogP contribution in [0.2, 0.25) is 0 Å². The molecule has 0 fully saturated rings. The Kier molecular flexibility index (Phi) is 6.32. The summed E-state index contributed by atoms with van der Waals surface area (Å²) >= 11 is 0. The number of hydrogen-bond donors (Lipinski definition) is 2. The van der Waals surface area contributed by atoms with Crippen molar-refractivity contribution in [3.8, 4) is 0 Å². The first-order valence-electron chi connectivity index (χ1n) is 12.9. The van der Waals surface area contributed by atoms with Gasteiger partial charge in [0, 0.05) is 50.1 Å². The molecule has 1 aliphatic carbocycles. The molecule has 6 rings (SSSR count). The predicted molar refractivity (Wildman–Crippen MR) is 149 cm³/mol. The zero-order valence-corrected chi connectivity index (χ0v) is 21.7. The molecular weight excluding hydrogens is 492 g/mol. The number of fused-ring (bicyclic) bond motifs is 2. The molecule has 9 nitrogen and oxygen atoms in total. The van der Waals surface area contributed by atoms with E-state index >= 15 is 0 Å². The topological polar surface area (TPSA) is 105 Å². The van der Waals surface area contributed by atoms with Gasteiger partial charge in [0.1, 0.15) is 23.7 Å². The molecule has 3 heterocycles. The summed E-state index contributed by atoms with van der Waals surface area (Å²) in [7, 11) is 1.96. The number of aromatic nitrogens is 4. The summed E-state index contributed by atoms with van der Waals surface area (Å²) in [6, 6.07) is 13.5. The molecule has 196 valence electrons. The molecular formula is C30H28N6O3. The van der Waals surface area contributed by atoms with E-state index in [-0.39, 0.29) is 17.6 Å². The van der Waals surface area contributed by atoms with Crippen LogP contribution in [0.5, 0.6) is 0 Å². The molecule has 2 N–H and O–H groups in total. The summed E-state index contributed by atoms with van der Waals surface area (Å²) < 4.78 is 7.61. The number of rotatable bonds is 7. The first-order chi connectivity index (χ1) is 19.0. The number of para-hydroxylation sites is 2. The van der Waals surface area contributed by atoms with Crippen LogP contribution in [0.25, 0.3) is 22.1 Å². The van der Waals surface area contributed by atoms with E-state index in [0.29, 0.717) is 30.8 Å². The molecule has 0 radical (unpaired) electrons. The summed E-state index contributed by atoms with van der Waals surface area (Å²) in [4.78, 5) is 39.6. The summed E-state index contributed by atoms with van der Waals surface area (Å²) in [5, 5.41) is 2.99. The summed E-state index contributed by atoms with van der Waals surface area (Å²) in [5.74, 6) is 2.20. The Labute approximate surface area is 225 Å². The number of imidazole rings is 2. The van der Waals surface area contributed by atoms with Gasteiger partial charge in [-0.1, -0.05) is 24.3 Å². The number of aryl methyl sites for hydroxylation is 1. The van der Waals surface area contributed by atoms with Crippen molar-refractivity contribution in [3.05, 3.63) is 108 Å². The fraction of sp³-hybridized carbons (Fsp3) is 0.200. The highest BCUT2D eigenvalue weighted by atomic mass is 16.5. The standard InChI is InChI=1S/C30H28N6O3/c1-19(28-32-23-8-3-4-9-24(23)33-28)29-34-25-11-10-21(17-26(25)35(29)2)30(38)31-12-13-36-14-15-39-27(18-36)20-6-5-7-22(37)16-20/h3-11,14-15,17-19H,12-13,16H2,1-2H3,(H,31,38)(H,32,33). The normalized spacial score (nSPS) is 15.8. The predicted octanol–water partition coefficient (Wildman–Crippen LogP) is 4.43. The van der Waals surface area contributed by atoms with E-state index in [4.69, 9.17) is 14.7 Å². The van der Waals surface area contributed by atoms with Gasteiger partial charge in [-0.25, -0.2) is 9.97 Å². The summed E-state index contributed by atoms with van der Waals surface area (Å²) in [5.41, 5.74) is 5.03. The van der Waals surface area contributed by atoms with Gasteiger partial charge in [0.2, 0.25) is 0 Å². The Hall–Kier alpha value is -4.92. The molecule has 0 bridgehead atoms. The van der Waals surface area contributed by atoms with Crippen molar-refractivity contribution in [2.45, 2.75) is 19.3 Å². The number of nitrogens with zero attached hydrogens (tertiary/aromatic N) is 4. The molecule has 4 aromatic rings. The van der Waals surface area contributed by atoms with Gasteiger partial charge in [0.05, 0.1) is 28.0 Å². The molecule has 1 atom stereocenters. The van der Waals surface area contributed by atoms with Crippen LogP contribution >= 0.6 is 0 Å². The highest BCUT2D eigenvalue weighted by Gasteiger charge is 2.21. The van der Waals surface area contributed by atoms with E-state index in [1.165, 1.54) is 0 Å². The van der Waals surface area contributed by atoms with Crippen molar-refractivity contribution in [1.29, 1.82) is 0 Å². The highest BCUT2D eigenvalue weighted by Crippen LogP contribution is 2.27. The quantitative estimate of drug-likeness (QED) is 0.374. The van der Waals surface area contributed by atoms with E-state index < -0.39 is 0 Å². The molecule has 2 aliphatic rings. The molecule has 0 saturated heterocycles. The number of nitrogens with one attached hydrogen (secondary N) is 2. The largest absolute Gasteiger partial charge is 0.462 e. The molecule has 1 aliphatic heterocycles. The Morgan fingerprint density at radius 1 is 1.18 bits per heavy atom. The Morgan fingerprint density at radius 3 is 2.90 bits per heavy atom. The number of H-pyrrole nitrogens is 1. The van der Waals surface area contributed by atoms with Crippen molar-refractivity contribution in [3.63, 3.8) is 0 Å². The van der Waals surface area contributed by atoms with E-state index in [1.807, 2.05) is 65.2 Å². The van der Waals surface area contributed by atoms with Gasteiger partial charge >= 0.3 is 0 Å².